The molecule has 5 heteroatoms. The molecule has 0 atom stereocenters. The van der Waals surface area contributed by atoms with E-state index < -0.39 is 5.54 Å². The van der Waals surface area contributed by atoms with Crippen LogP contribution in [0.25, 0.3) is 0 Å². The van der Waals surface area contributed by atoms with Crippen molar-refractivity contribution in [3.05, 3.63) is 33.8 Å². The Kier molecular flexibility index (Phi) is 4.91. The summed E-state index contributed by atoms with van der Waals surface area (Å²) in [6, 6.07) is 7.03. The number of amides is 1. The Morgan fingerprint density at radius 1 is 1.15 bits per heavy atom. The molecule has 106 valence electrons. The maximum absolute atomic E-state index is 12.3. The molecular formula is C15H16Cl2N2O. The summed E-state index contributed by atoms with van der Waals surface area (Å²) < 4.78 is 0. The molecule has 0 aliphatic heterocycles. The van der Waals surface area contributed by atoms with Crippen molar-refractivity contribution >= 4 is 29.1 Å². The van der Waals surface area contributed by atoms with Crippen molar-refractivity contribution in [3.63, 3.8) is 0 Å². The van der Waals surface area contributed by atoms with Gasteiger partial charge in [-0.1, -0.05) is 48.9 Å². The molecule has 3 nitrogen and oxygen atoms in total. The molecule has 0 heterocycles. The molecule has 0 spiro atoms. The van der Waals surface area contributed by atoms with Gasteiger partial charge in [-0.2, -0.15) is 5.26 Å². The smallest absolute Gasteiger partial charge is 0.252 e. The summed E-state index contributed by atoms with van der Waals surface area (Å²) in [5.41, 5.74) is -0.321. The van der Waals surface area contributed by atoms with Crippen LogP contribution in [-0.4, -0.2) is 11.4 Å². The number of benzene rings is 1. The average Bonchev–Trinajstić information content (AvgIpc) is 2.68. The Labute approximate surface area is 128 Å². The zero-order valence-corrected chi connectivity index (χ0v) is 12.6. The SMILES string of the molecule is N#CC1(NC(=O)c2ccc(Cl)c(Cl)c2)CCCCCC1. The number of carbonyl (C=O) groups is 1. The number of nitrogens with zero attached hydrogens (tertiary/aromatic N) is 1. The fourth-order valence-corrected chi connectivity index (χ4v) is 2.82. The number of nitrogens with one attached hydrogen (secondary N) is 1. The zero-order chi connectivity index (χ0) is 14.6. The first-order valence-corrected chi connectivity index (χ1v) is 7.51. The Bertz CT molecular complexity index is 543. The predicted octanol–water partition coefficient (Wildman–Crippen LogP) is 4.34. The second kappa shape index (κ2) is 6.47. The van der Waals surface area contributed by atoms with Crippen LogP contribution >= 0.6 is 23.2 Å². The van der Waals surface area contributed by atoms with Gasteiger partial charge < -0.3 is 5.32 Å². The highest BCUT2D eigenvalue weighted by Crippen LogP contribution is 2.28. The number of hydrogen-bond acceptors (Lipinski definition) is 2. The summed E-state index contributed by atoms with van der Waals surface area (Å²) in [5.74, 6) is -0.271. The van der Waals surface area contributed by atoms with E-state index in [1.807, 2.05) is 0 Å². The molecule has 0 bridgehead atoms. The van der Waals surface area contributed by atoms with Gasteiger partial charge in [0.1, 0.15) is 5.54 Å². The van der Waals surface area contributed by atoms with Crippen LogP contribution in [0.15, 0.2) is 18.2 Å². The Hall–Kier alpha value is -1.24. The van der Waals surface area contributed by atoms with Gasteiger partial charge in [0.15, 0.2) is 0 Å². The largest absolute Gasteiger partial charge is 0.334 e. The fourth-order valence-electron chi connectivity index (χ4n) is 2.52. The van der Waals surface area contributed by atoms with Crippen molar-refractivity contribution in [2.24, 2.45) is 0 Å². The van der Waals surface area contributed by atoms with Crippen molar-refractivity contribution in [2.45, 2.75) is 44.1 Å². The maximum atomic E-state index is 12.3. The minimum Gasteiger partial charge on any atom is -0.334 e. The van der Waals surface area contributed by atoms with E-state index in [-0.39, 0.29) is 5.91 Å². The number of nitriles is 1. The van der Waals surface area contributed by atoms with Crippen LogP contribution in [0, 0.1) is 11.3 Å². The second-order valence-corrected chi connectivity index (χ2v) is 6.01. The van der Waals surface area contributed by atoms with Crippen molar-refractivity contribution < 1.29 is 4.79 Å². The summed E-state index contributed by atoms with van der Waals surface area (Å²) >= 11 is 11.8. The monoisotopic (exact) mass is 310 g/mol. The molecule has 0 unspecified atom stereocenters. The van der Waals surface area contributed by atoms with Gasteiger partial charge in [0, 0.05) is 5.56 Å². The van der Waals surface area contributed by atoms with Crippen LogP contribution in [0.4, 0.5) is 0 Å². The summed E-state index contributed by atoms with van der Waals surface area (Å²) in [5, 5.41) is 13.1. The van der Waals surface area contributed by atoms with Crippen molar-refractivity contribution in [2.75, 3.05) is 0 Å². The standard InChI is InChI=1S/C15H16Cl2N2O/c16-12-6-5-11(9-13(12)17)14(20)19-15(10-18)7-3-1-2-4-8-15/h5-6,9H,1-4,7-8H2,(H,19,20). The topological polar surface area (TPSA) is 52.9 Å². The van der Waals surface area contributed by atoms with Gasteiger partial charge in [0.05, 0.1) is 16.1 Å². The van der Waals surface area contributed by atoms with E-state index in [1.165, 1.54) is 6.07 Å². The number of hydrogen-bond donors (Lipinski definition) is 1. The Morgan fingerprint density at radius 2 is 1.80 bits per heavy atom. The lowest BCUT2D eigenvalue weighted by molar-refractivity contribution is 0.0913. The molecule has 0 radical (unpaired) electrons. The van der Waals surface area contributed by atoms with Crippen LogP contribution in [0.1, 0.15) is 48.9 Å². The third-order valence-electron chi connectivity index (χ3n) is 3.71. The van der Waals surface area contributed by atoms with Crippen molar-refractivity contribution in [1.29, 1.82) is 5.26 Å². The van der Waals surface area contributed by atoms with Gasteiger partial charge >= 0.3 is 0 Å². The normalized spacial score (nSPS) is 17.9. The summed E-state index contributed by atoms with van der Waals surface area (Å²) in [6.07, 6.45) is 5.58. The Balaban J connectivity index is 2.16. The van der Waals surface area contributed by atoms with Crippen molar-refractivity contribution in [1.82, 2.24) is 5.32 Å². The van der Waals surface area contributed by atoms with Crippen LogP contribution in [0.5, 0.6) is 0 Å². The molecule has 1 aromatic rings. The van der Waals surface area contributed by atoms with Crippen LogP contribution in [0.2, 0.25) is 10.0 Å². The minimum absolute atomic E-state index is 0.271. The van der Waals surface area contributed by atoms with Crippen LogP contribution in [-0.2, 0) is 0 Å². The molecule has 2 rings (SSSR count). The molecule has 1 aliphatic rings. The quantitative estimate of drug-likeness (QED) is 0.826. The molecule has 1 fully saturated rings. The molecule has 1 aromatic carbocycles. The molecule has 1 aliphatic carbocycles. The molecule has 20 heavy (non-hydrogen) atoms. The average molecular weight is 311 g/mol. The first kappa shape index (κ1) is 15.2. The number of halogens is 2. The molecule has 1 amide bonds. The van der Waals surface area contributed by atoms with Crippen LogP contribution < -0.4 is 5.32 Å². The summed E-state index contributed by atoms with van der Waals surface area (Å²) in [4.78, 5) is 12.3. The third-order valence-corrected chi connectivity index (χ3v) is 4.44. The minimum atomic E-state index is -0.750. The lowest BCUT2D eigenvalue weighted by Crippen LogP contribution is -2.47. The van der Waals surface area contributed by atoms with Gasteiger partial charge in [-0.15, -0.1) is 0 Å². The van der Waals surface area contributed by atoms with Gasteiger partial charge in [-0.05, 0) is 31.0 Å². The molecule has 1 saturated carbocycles. The van der Waals surface area contributed by atoms with Gasteiger partial charge in [-0.25, -0.2) is 0 Å². The molecule has 0 aromatic heterocycles. The highest BCUT2D eigenvalue weighted by atomic mass is 35.5. The first-order valence-electron chi connectivity index (χ1n) is 6.75. The van der Waals surface area contributed by atoms with E-state index in [9.17, 15) is 10.1 Å². The first-order chi connectivity index (χ1) is 9.56. The summed E-state index contributed by atoms with van der Waals surface area (Å²) in [6.45, 7) is 0. The number of carbonyl (C=O) groups excluding carboxylic acids is 1. The maximum Gasteiger partial charge on any atom is 0.252 e. The Morgan fingerprint density at radius 3 is 2.35 bits per heavy atom. The van der Waals surface area contributed by atoms with Gasteiger partial charge in [0.2, 0.25) is 0 Å². The van der Waals surface area contributed by atoms with E-state index >= 15 is 0 Å². The lowest BCUT2D eigenvalue weighted by Gasteiger charge is -2.26. The second-order valence-electron chi connectivity index (χ2n) is 5.19. The third kappa shape index (κ3) is 3.45. The molecule has 0 saturated heterocycles. The zero-order valence-electron chi connectivity index (χ0n) is 11.1. The fraction of sp³-hybridized carbons (Fsp3) is 0.467. The predicted molar refractivity (Wildman–Crippen MR) is 80.0 cm³/mol. The van der Waals surface area contributed by atoms with E-state index in [2.05, 4.69) is 11.4 Å². The van der Waals surface area contributed by atoms with E-state index in [1.54, 1.807) is 12.1 Å². The lowest BCUT2D eigenvalue weighted by atomic mass is 9.91. The number of rotatable bonds is 2. The van der Waals surface area contributed by atoms with E-state index in [0.717, 1.165) is 25.7 Å². The molecule has 1 N–H and O–H groups in total. The van der Waals surface area contributed by atoms with Gasteiger partial charge in [-0.3, -0.25) is 4.79 Å². The van der Waals surface area contributed by atoms with Crippen LogP contribution in [0.3, 0.4) is 0 Å². The highest BCUT2D eigenvalue weighted by Gasteiger charge is 2.32. The molecular weight excluding hydrogens is 295 g/mol. The van der Waals surface area contributed by atoms with E-state index in [4.69, 9.17) is 23.2 Å². The van der Waals surface area contributed by atoms with Crippen molar-refractivity contribution in [3.8, 4) is 6.07 Å². The highest BCUT2D eigenvalue weighted by molar-refractivity contribution is 6.42. The summed E-state index contributed by atoms with van der Waals surface area (Å²) in [7, 11) is 0. The van der Waals surface area contributed by atoms with Gasteiger partial charge in [0.25, 0.3) is 5.91 Å². The van der Waals surface area contributed by atoms with E-state index in [0.29, 0.717) is 28.5 Å².